The molecule has 162 valence electrons. The SMILES string of the molecule is COc1ccc(CC(=O)Oc2c(-c3ccccc3Cl)oc3cc(C)c(C)cc3c2=O)cc1. The third-order valence-electron chi connectivity index (χ3n) is 5.31. The van der Waals surface area contributed by atoms with Gasteiger partial charge in [0.1, 0.15) is 11.3 Å². The molecule has 0 aliphatic carbocycles. The summed E-state index contributed by atoms with van der Waals surface area (Å²) < 4.78 is 16.8. The second-order valence-electron chi connectivity index (χ2n) is 7.50. The summed E-state index contributed by atoms with van der Waals surface area (Å²) in [6.07, 6.45) is -0.0175. The number of methoxy groups -OCH3 is 1. The zero-order chi connectivity index (χ0) is 22.8. The van der Waals surface area contributed by atoms with Gasteiger partial charge in [-0.15, -0.1) is 0 Å². The first-order chi connectivity index (χ1) is 15.4. The van der Waals surface area contributed by atoms with Crippen LogP contribution in [0.4, 0.5) is 0 Å². The van der Waals surface area contributed by atoms with E-state index in [0.29, 0.717) is 27.3 Å². The lowest BCUT2D eigenvalue weighted by atomic mass is 10.0. The van der Waals surface area contributed by atoms with E-state index in [-0.39, 0.29) is 17.9 Å². The summed E-state index contributed by atoms with van der Waals surface area (Å²) in [6, 6.07) is 17.5. The number of hydrogen-bond acceptors (Lipinski definition) is 5. The molecule has 4 rings (SSSR count). The van der Waals surface area contributed by atoms with E-state index in [2.05, 4.69) is 0 Å². The van der Waals surface area contributed by atoms with Gasteiger partial charge in [0.25, 0.3) is 0 Å². The summed E-state index contributed by atoms with van der Waals surface area (Å²) in [4.78, 5) is 26.1. The molecule has 1 heterocycles. The molecule has 0 spiro atoms. The lowest BCUT2D eigenvalue weighted by Gasteiger charge is -2.13. The molecule has 0 unspecified atom stereocenters. The van der Waals surface area contributed by atoms with Crippen molar-refractivity contribution in [3.8, 4) is 22.8 Å². The minimum Gasteiger partial charge on any atom is -0.497 e. The molecule has 0 saturated carbocycles. The van der Waals surface area contributed by atoms with Gasteiger partial charge in [-0.2, -0.15) is 0 Å². The van der Waals surface area contributed by atoms with Crippen LogP contribution in [0.2, 0.25) is 5.02 Å². The summed E-state index contributed by atoms with van der Waals surface area (Å²) in [5, 5.41) is 0.724. The molecular weight excluding hydrogens is 428 g/mol. The zero-order valence-electron chi connectivity index (χ0n) is 17.9. The Kier molecular flexibility index (Phi) is 6.01. The van der Waals surface area contributed by atoms with Crippen molar-refractivity contribution < 1.29 is 18.7 Å². The van der Waals surface area contributed by atoms with Gasteiger partial charge >= 0.3 is 5.97 Å². The van der Waals surface area contributed by atoms with E-state index in [1.54, 1.807) is 67.8 Å². The molecule has 0 atom stereocenters. The minimum absolute atomic E-state index is 0.0175. The Morgan fingerprint density at radius 1 is 1.00 bits per heavy atom. The Labute approximate surface area is 190 Å². The number of fused-ring (bicyclic) bond motifs is 1. The van der Waals surface area contributed by atoms with Crippen molar-refractivity contribution in [1.82, 2.24) is 0 Å². The van der Waals surface area contributed by atoms with Crippen LogP contribution in [0, 0.1) is 13.8 Å². The Balaban J connectivity index is 1.80. The molecule has 0 fully saturated rings. The number of carbonyl (C=O) groups is 1. The van der Waals surface area contributed by atoms with Gasteiger partial charge in [0.05, 0.1) is 23.9 Å². The molecule has 6 heteroatoms. The van der Waals surface area contributed by atoms with Gasteiger partial charge < -0.3 is 13.9 Å². The van der Waals surface area contributed by atoms with Crippen LogP contribution >= 0.6 is 11.6 Å². The first-order valence-electron chi connectivity index (χ1n) is 10.0. The fourth-order valence-electron chi connectivity index (χ4n) is 3.41. The molecule has 0 bridgehead atoms. The van der Waals surface area contributed by atoms with Crippen molar-refractivity contribution in [2.24, 2.45) is 0 Å². The topological polar surface area (TPSA) is 65.7 Å². The van der Waals surface area contributed by atoms with Crippen molar-refractivity contribution in [2.45, 2.75) is 20.3 Å². The number of halogens is 1. The molecule has 0 N–H and O–H groups in total. The summed E-state index contributed by atoms with van der Waals surface area (Å²) in [7, 11) is 1.57. The number of carbonyl (C=O) groups excluding carboxylic acids is 1. The van der Waals surface area contributed by atoms with Gasteiger partial charge in [0.15, 0.2) is 5.76 Å². The van der Waals surface area contributed by atoms with E-state index < -0.39 is 11.4 Å². The molecule has 32 heavy (non-hydrogen) atoms. The summed E-state index contributed by atoms with van der Waals surface area (Å²) >= 11 is 6.37. The molecule has 3 aromatic carbocycles. The highest BCUT2D eigenvalue weighted by atomic mass is 35.5. The number of esters is 1. The number of aryl methyl sites for hydroxylation is 2. The second kappa shape index (κ2) is 8.89. The van der Waals surface area contributed by atoms with Gasteiger partial charge in [-0.3, -0.25) is 9.59 Å². The quantitative estimate of drug-likeness (QED) is 0.356. The molecule has 0 saturated heterocycles. The molecule has 4 aromatic rings. The van der Waals surface area contributed by atoms with Gasteiger partial charge in [-0.05, 0) is 66.9 Å². The van der Waals surface area contributed by atoms with Crippen LogP contribution in [-0.2, 0) is 11.2 Å². The normalized spacial score (nSPS) is 10.9. The average Bonchev–Trinajstić information content (AvgIpc) is 2.78. The van der Waals surface area contributed by atoms with Crippen molar-refractivity contribution in [3.05, 3.63) is 92.6 Å². The van der Waals surface area contributed by atoms with E-state index in [4.69, 9.17) is 25.5 Å². The van der Waals surface area contributed by atoms with E-state index in [1.165, 1.54) is 0 Å². The zero-order valence-corrected chi connectivity index (χ0v) is 18.7. The van der Waals surface area contributed by atoms with E-state index in [1.807, 2.05) is 13.8 Å². The van der Waals surface area contributed by atoms with Crippen LogP contribution in [-0.4, -0.2) is 13.1 Å². The van der Waals surface area contributed by atoms with Gasteiger partial charge in [0.2, 0.25) is 11.2 Å². The summed E-state index contributed by atoms with van der Waals surface area (Å²) in [5.41, 5.74) is 3.10. The van der Waals surface area contributed by atoms with Gasteiger partial charge in [0, 0.05) is 5.56 Å². The summed E-state index contributed by atoms with van der Waals surface area (Å²) in [5.74, 6) is 0.0507. The van der Waals surface area contributed by atoms with Gasteiger partial charge in [-0.1, -0.05) is 35.9 Å². The van der Waals surface area contributed by atoms with Crippen molar-refractivity contribution in [3.63, 3.8) is 0 Å². The van der Waals surface area contributed by atoms with Crippen molar-refractivity contribution >= 4 is 28.5 Å². The van der Waals surface area contributed by atoms with E-state index in [9.17, 15) is 9.59 Å². The lowest BCUT2D eigenvalue weighted by Crippen LogP contribution is -2.18. The van der Waals surface area contributed by atoms with Crippen molar-refractivity contribution in [1.29, 1.82) is 0 Å². The minimum atomic E-state index is -0.584. The van der Waals surface area contributed by atoms with Gasteiger partial charge in [-0.25, -0.2) is 0 Å². The standard InChI is InChI=1S/C26H21ClO5/c1-15-12-20-22(13-16(15)2)31-25(19-6-4-5-7-21(19)27)26(24(20)29)32-23(28)14-17-8-10-18(30-3)11-9-17/h4-13H,14H2,1-3H3. The number of hydrogen-bond donors (Lipinski definition) is 0. The second-order valence-corrected chi connectivity index (χ2v) is 7.91. The fraction of sp³-hybridized carbons (Fsp3) is 0.154. The van der Waals surface area contributed by atoms with Crippen LogP contribution in [0.1, 0.15) is 16.7 Å². The van der Waals surface area contributed by atoms with Crippen LogP contribution in [0.5, 0.6) is 11.5 Å². The maximum Gasteiger partial charge on any atom is 0.315 e. The average molecular weight is 449 g/mol. The number of rotatable bonds is 5. The highest BCUT2D eigenvalue weighted by Crippen LogP contribution is 2.36. The predicted molar refractivity (Wildman–Crippen MR) is 125 cm³/mol. The summed E-state index contributed by atoms with van der Waals surface area (Å²) in [6.45, 7) is 3.85. The highest BCUT2D eigenvalue weighted by Gasteiger charge is 2.22. The first-order valence-corrected chi connectivity index (χ1v) is 10.4. The maximum atomic E-state index is 13.4. The van der Waals surface area contributed by atoms with Crippen LogP contribution in [0.25, 0.3) is 22.3 Å². The molecule has 1 aromatic heterocycles. The monoisotopic (exact) mass is 448 g/mol. The third-order valence-corrected chi connectivity index (χ3v) is 5.64. The number of ether oxygens (including phenoxy) is 2. The van der Waals surface area contributed by atoms with Crippen molar-refractivity contribution in [2.75, 3.05) is 7.11 Å². The van der Waals surface area contributed by atoms with Crippen LogP contribution in [0.15, 0.2) is 69.9 Å². The predicted octanol–water partition coefficient (Wildman–Crippen LogP) is 5.89. The maximum absolute atomic E-state index is 13.4. The Morgan fingerprint density at radius 3 is 2.38 bits per heavy atom. The molecule has 0 aliphatic rings. The molecule has 0 radical (unpaired) electrons. The number of benzene rings is 3. The van der Waals surface area contributed by atoms with E-state index >= 15 is 0 Å². The van der Waals surface area contributed by atoms with Crippen LogP contribution < -0.4 is 14.9 Å². The fourth-order valence-corrected chi connectivity index (χ4v) is 3.63. The Morgan fingerprint density at radius 2 is 1.69 bits per heavy atom. The molecule has 0 amide bonds. The third kappa shape index (κ3) is 4.25. The van der Waals surface area contributed by atoms with Crippen LogP contribution in [0.3, 0.4) is 0 Å². The Hall–Kier alpha value is -3.57. The highest BCUT2D eigenvalue weighted by molar-refractivity contribution is 6.33. The first kappa shape index (κ1) is 21.7. The largest absolute Gasteiger partial charge is 0.497 e. The Bertz CT molecular complexity index is 1370. The smallest absolute Gasteiger partial charge is 0.315 e. The molecule has 5 nitrogen and oxygen atoms in total. The molecular formula is C26H21ClO5. The lowest BCUT2D eigenvalue weighted by molar-refractivity contribution is -0.133. The molecule has 0 aliphatic heterocycles. The van der Waals surface area contributed by atoms with E-state index in [0.717, 1.165) is 16.7 Å².